The van der Waals surface area contributed by atoms with Gasteiger partial charge in [-0.15, -0.1) is 0 Å². The summed E-state index contributed by atoms with van der Waals surface area (Å²) in [5.74, 6) is 1.04. The van der Waals surface area contributed by atoms with Gasteiger partial charge in [-0.25, -0.2) is 0 Å². The molecule has 146 valence electrons. The minimum Gasteiger partial charge on any atom is -0.345 e. The molecule has 2 heterocycles. The molecular weight excluding hydrogens is 334 g/mol. The lowest BCUT2D eigenvalue weighted by Gasteiger charge is -2.42. The fraction of sp³-hybridized carbons (Fsp3) is 0.458. The average molecular weight is 368 g/mol. The third-order valence-corrected chi connectivity index (χ3v) is 5.44. The largest absolute Gasteiger partial charge is 0.345 e. The highest BCUT2D eigenvalue weighted by molar-refractivity contribution is 5.69. The number of aromatic nitrogens is 1. The molecule has 1 aromatic heterocycles. The van der Waals surface area contributed by atoms with Gasteiger partial charge < -0.3 is 9.47 Å². The molecule has 0 aliphatic carbocycles. The summed E-state index contributed by atoms with van der Waals surface area (Å²) in [6.45, 7) is 8.87. The normalized spacial score (nSPS) is 26.5. The molecule has 3 unspecified atom stereocenters. The minimum absolute atomic E-state index is 0. The van der Waals surface area contributed by atoms with Gasteiger partial charge in [0.05, 0.1) is 12.2 Å². The summed E-state index contributed by atoms with van der Waals surface area (Å²) < 4.78 is 12.4. The summed E-state index contributed by atoms with van der Waals surface area (Å²) in [5, 5.41) is 0. The first-order valence-corrected chi connectivity index (χ1v) is 9.57. The topological polar surface area (TPSA) is 31.4 Å². The van der Waals surface area contributed by atoms with Gasteiger partial charge in [-0.1, -0.05) is 64.1 Å². The molecule has 0 saturated carbocycles. The van der Waals surface area contributed by atoms with E-state index in [1.807, 2.05) is 12.1 Å². The van der Waals surface area contributed by atoms with Crippen LogP contribution in [-0.4, -0.2) is 17.2 Å². The first-order valence-electron chi connectivity index (χ1n) is 9.57. The van der Waals surface area contributed by atoms with Gasteiger partial charge in [0.25, 0.3) is 0 Å². The van der Waals surface area contributed by atoms with Gasteiger partial charge in [-0.3, -0.25) is 4.98 Å². The molecule has 1 aliphatic heterocycles. The molecule has 3 rings (SSSR count). The SMILES string of the molecule is C.CCC(C)C1C(C)OC(c2ccc(/C=C/c3ccncc3)cc2)OC1C. The number of hydrogen-bond donors (Lipinski definition) is 0. The second-order valence-corrected chi connectivity index (χ2v) is 7.26. The second kappa shape index (κ2) is 9.82. The van der Waals surface area contributed by atoms with Crippen molar-refractivity contribution in [3.8, 4) is 0 Å². The van der Waals surface area contributed by atoms with E-state index in [4.69, 9.17) is 9.47 Å². The molecule has 1 aromatic carbocycles. The van der Waals surface area contributed by atoms with Gasteiger partial charge in [-0.2, -0.15) is 0 Å². The lowest BCUT2D eigenvalue weighted by molar-refractivity contribution is -0.272. The maximum Gasteiger partial charge on any atom is 0.184 e. The number of rotatable bonds is 5. The third kappa shape index (κ3) is 5.27. The summed E-state index contributed by atoms with van der Waals surface area (Å²) in [6, 6.07) is 12.4. The molecule has 0 N–H and O–H groups in total. The zero-order valence-corrected chi connectivity index (χ0v) is 16.1. The van der Waals surface area contributed by atoms with Crippen molar-refractivity contribution in [2.24, 2.45) is 11.8 Å². The van der Waals surface area contributed by atoms with Gasteiger partial charge in [0.2, 0.25) is 0 Å². The van der Waals surface area contributed by atoms with Crippen LogP contribution in [0, 0.1) is 11.8 Å². The van der Waals surface area contributed by atoms with E-state index < -0.39 is 0 Å². The third-order valence-electron chi connectivity index (χ3n) is 5.44. The van der Waals surface area contributed by atoms with Crippen LogP contribution in [0.4, 0.5) is 0 Å². The highest BCUT2D eigenvalue weighted by Crippen LogP contribution is 2.37. The van der Waals surface area contributed by atoms with Gasteiger partial charge in [0.1, 0.15) is 0 Å². The van der Waals surface area contributed by atoms with E-state index in [9.17, 15) is 0 Å². The molecule has 0 radical (unpaired) electrons. The van der Waals surface area contributed by atoms with Crippen molar-refractivity contribution in [3.05, 3.63) is 65.5 Å². The van der Waals surface area contributed by atoms with Crippen LogP contribution >= 0.6 is 0 Å². The second-order valence-electron chi connectivity index (χ2n) is 7.26. The van der Waals surface area contributed by atoms with Gasteiger partial charge in [-0.05, 0) is 43.0 Å². The molecular formula is C24H33NO2. The Morgan fingerprint density at radius 3 is 1.96 bits per heavy atom. The first-order chi connectivity index (χ1) is 12.6. The van der Waals surface area contributed by atoms with Gasteiger partial charge >= 0.3 is 0 Å². The van der Waals surface area contributed by atoms with Crippen molar-refractivity contribution in [1.29, 1.82) is 0 Å². The molecule has 1 aliphatic rings. The van der Waals surface area contributed by atoms with Crippen molar-refractivity contribution < 1.29 is 9.47 Å². The summed E-state index contributed by atoms with van der Waals surface area (Å²) in [6.07, 6.45) is 9.06. The Morgan fingerprint density at radius 2 is 1.44 bits per heavy atom. The predicted octanol–water partition coefficient (Wildman–Crippen LogP) is 6.37. The van der Waals surface area contributed by atoms with Crippen LogP contribution in [0.1, 0.15) is 64.5 Å². The van der Waals surface area contributed by atoms with Gasteiger partial charge in [0.15, 0.2) is 6.29 Å². The quantitative estimate of drug-likeness (QED) is 0.615. The molecule has 1 fully saturated rings. The standard InChI is InChI=1S/C23H29NO2.CH4/c1-5-16(2)22-17(3)25-23(26-18(22)4)21-10-8-19(9-11-21)6-7-20-12-14-24-15-13-20;/h6-18,22-23H,5H2,1-4H3;1H4/b7-6+;. The number of benzene rings is 1. The summed E-state index contributed by atoms with van der Waals surface area (Å²) >= 11 is 0. The Kier molecular flexibility index (Phi) is 7.76. The minimum atomic E-state index is -0.279. The molecule has 3 heteroatoms. The molecule has 0 amide bonds. The molecule has 2 aromatic rings. The van der Waals surface area contributed by atoms with Crippen LogP contribution in [0.2, 0.25) is 0 Å². The Bertz CT molecular complexity index is 699. The number of pyridine rings is 1. The Morgan fingerprint density at radius 1 is 0.926 bits per heavy atom. The monoisotopic (exact) mass is 367 g/mol. The van der Waals surface area contributed by atoms with Crippen LogP contribution in [0.15, 0.2) is 48.8 Å². The van der Waals surface area contributed by atoms with Crippen molar-refractivity contribution >= 4 is 12.2 Å². The molecule has 27 heavy (non-hydrogen) atoms. The lowest BCUT2D eigenvalue weighted by Crippen LogP contribution is -2.43. The van der Waals surface area contributed by atoms with Crippen molar-refractivity contribution in [2.45, 2.75) is 60.0 Å². The van der Waals surface area contributed by atoms with Gasteiger partial charge in [0, 0.05) is 23.9 Å². The van der Waals surface area contributed by atoms with E-state index in [2.05, 4.69) is 69.1 Å². The smallest absolute Gasteiger partial charge is 0.184 e. The fourth-order valence-corrected chi connectivity index (χ4v) is 3.77. The molecule has 1 saturated heterocycles. The molecule has 0 spiro atoms. The average Bonchev–Trinajstić information content (AvgIpc) is 2.67. The Hall–Kier alpha value is -1.97. The summed E-state index contributed by atoms with van der Waals surface area (Å²) in [7, 11) is 0. The summed E-state index contributed by atoms with van der Waals surface area (Å²) in [5.41, 5.74) is 3.37. The maximum atomic E-state index is 6.20. The van der Waals surface area contributed by atoms with E-state index in [0.29, 0.717) is 11.8 Å². The van der Waals surface area contributed by atoms with E-state index in [1.54, 1.807) is 12.4 Å². The number of ether oxygens (including phenoxy) is 2. The first kappa shape index (κ1) is 21.3. The lowest BCUT2D eigenvalue weighted by atomic mass is 9.83. The number of hydrogen-bond acceptors (Lipinski definition) is 3. The van der Waals surface area contributed by atoms with Crippen LogP contribution in [-0.2, 0) is 9.47 Å². The van der Waals surface area contributed by atoms with E-state index in [0.717, 1.165) is 23.1 Å². The van der Waals surface area contributed by atoms with Crippen LogP contribution in [0.25, 0.3) is 12.2 Å². The Labute approximate surface area is 164 Å². The van der Waals surface area contributed by atoms with Crippen LogP contribution < -0.4 is 0 Å². The Balaban J connectivity index is 0.00000261. The maximum absolute atomic E-state index is 6.20. The van der Waals surface area contributed by atoms with Crippen molar-refractivity contribution in [3.63, 3.8) is 0 Å². The van der Waals surface area contributed by atoms with Crippen molar-refractivity contribution in [1.82, 2.24) is 4.98 Å². The zero-order valence-electron chi connectivity index (χ0n) is 16.1. The van der Waals surface area contributed by atoms with Crippen LogP contribution in [0.3, 0.4) is 0 Å². The summed E-state index contributed by atoms with van der Waals surface area (Å²) in [4.78, 5) is 4.04. The zero-order chi connectivity index (χ0) is 18.5. The predicted molar refractivity (Wildman–Crippen MR) is 113 cm³/mol. The van der Waals surface area contributed by atoms with Crippen LogP contribution in [0.5, 0.6) is 0 Å². The van der Waals surface area contributed by atoms with E-state index in [-0.39, 0.29) is 25.9 Å². The molecule has 0 bridgehead atoms. The molecule has 3 nitrogen and oxygen atoms in total. The highest BCUT2D eigenvalue weighted by Gasteiger charge is 2.37. The highest BCUT2D eigenvalue weighted by atomic mass is 16.7. The van der Waals surface area contributed by atoms with E-state index in [1.165, 1.54) is 0 Å². The molecule has 3 atom stereocenters. The fourth-order valence-electron chi connectivity index (χ4n) is 3.77. The van der Waals surface area contributed by atoms with E-state index >= 15 is 0 Å². The number of nitrogens with zero attached hydrogens (tertiary/aromatic N) is 1. The van der Waals surface area contributed by atoms with Crippen molar-refractivity contribution in [2.75, 3.05) is 0 Å².